The number of amides is 5. The zero-order valence-corrected chi connectivity index (χ0v) is 13.2. The Morgan fingerprint density at radius 3 is 2.19 bits per heavy atom. The van der Waals surface area contributed by atoms with Crippen LogP contribution in [0.1, 0.15) is 27.7 Å². The van der Waals surface area contributed by atoms with Gasteiger partial charge in [0.25, 0.3) is 0 Å². The Labute approximate surface area is 123 Å². The van der Waals surface area contributed by atoms with E-state index in [9.17, 15) is 19.5 Å². The van der Waals surface area contributed by atoms with E-state index in [4.69, 9.17) is 0 Å². The lowest BCUT2D eigenvalue weighted by Gasteiger charge is -2.41. The van der Waals surface area contributed by atoms with Crippen molar-refractivity contribution in [3.8, 4) is 0 Å². The van der Waals surface area contributed by atoms with Crippen molar-refractivity contribution in [3.05, 3.63) is 0 Å². The average molecular weight is 298 g/mol. The van der Waals surface area contributed by atoms with E-state index < -0.39 is 35.3 Å². The maximum absolute atomic E-state index is 12.6. The van der Waals surface area contributed by atoms with Crippen molar-refractivity contribution < 1.29 is 19.5 Å². The molecule has 0 aromatic rings. The molecule has 0 spiro atoms. The summed E-state index contributed by atoms with van der Waals surface area (Å²) in [6, 6.07) is -0.855. The first-order valence-corrected chi connectivity index (χ1v) is 6.86. The highest BCUT2D eigenvalue weighted by molar-refractivity contribution is 6.01. The van der Waals surface area contributed by atoms with Crippen LogP contribution in [-0.4, -0.2) is 69.3 Å². The van der Waals surface area contributed by atoms with E-state index in [1.165, 1.54) is 16.7 Å². The van der Waals surface area contributed by atoms with Gasteiger partial charge < -0.3 is 20.2 Å². The molecule has 0 aromatic heterocycles. The molecule has 2 unspecified atom stereocenters. The molecule has 8 heteroatoms. The fourth-order valence-electron chi connectivity index (χ4n) is 3.01. The van der Waals surface area contributed by atoms with Crippen LogP contribution in [0.3, 0.4) is 0 Å². The number of nitrogens with zero attached hydrogens (tertiary/aromatic N) is 3. The number of hydrogen-bond donors (Lipinski definition) is 2. The fourth-order valence-corrected chi connectivity index (χ4v) is 3.01. The van der Waals surface area contributed by atoms with E-state index in [0.29, 0.717) is 0 Å². The van der Waals surface area contributed by atoms with Gasteiger partial charge in [0, 0.05) is 14.1 Å². The predicted octanol–water partition coefficient (Wildman–Crippen LogP) is -0.0153. The summed E-state index contributed by atoms with van der Waals surface area (Å²) in [4.78, 5) is 41.0. The SMILES string of the molecule is CC(O)C(C)C(=O)N1C(=O)N(C)[C@]2(C)N(C)C(=O)N[C@]12C. The largest absolute Gasteiger partial charge is 0.393 e. The van der Waals surface area contributed by atoms with Gasteiger partial charge in [-0.15, -0.1) is 0 Å². The second kappa shape index (κ2) is 4.33. The Hall–Kier alpha value is -1.83. The third-order valence-electron chi connectivity index (χ3n) is 5.14. The molecule has 0 aromatic carbocycles. The minimum absolute atomic E-state index is 0.359. The van der Waals surface area contributed by atoms with Crippen molar-refractivity contribution in [3.63, 3.8) is 0 Å². The Bertz CT molecular complexity index is 522. The van der Waals surface area contributed by atoms with Crippen LogP contribution in [0.25, 0.3) is 0 Å². The number of carbonyl (C=O) groups excluding carboxylic acids is 3. The zero-order valence-electron chi connectivity index (χ0n) is 13.2. The minimum Gasteiger partial charge on any atom is -0.393 e. The summed E-state index contributed by atoms with van der Waals surface area (Å²) in [6.07, 6.45) is -0.888. The molecule has 2 saturated heterocycles. The number of aliphatic hydroxyl groups is 1. The van der Waals surface area contributed by atoms with Crippen molar-refractivity contribution in [1.29, 1.82) is 0 Å². The molecule has 118 valence electrons. The van der Waals surface area contributed by atoms with Gasteiger partial charge in [-0.2, -0.15) is 0 Å². The van der Waals surface area contributed by atoms with E-state index >= 15 is 0 Å². The van der Waals surface area contributed by atoms with Gasteiger partial charge in [0.1, 0.15) is 0 Å². The van der Waals surface area contributed by atoms with E-state index in [2.05, 4.69) is 5.32 Å². The van der Waals surface area contributed by atoms with E-state index in [0.717, 1.165) is 4.90 Å². The second-order valence-electron chi connectivity index (χ2n) is 6.13. The van der Waals surface area contributed by atoms with Crippen LogP contribution < -0.4 is 5.32 Å². The molecule has 2 fully saturated rings. The second-order valence-corrected chi connectivity index (χ2v) is 6.13. The maximum Gasteiger partial charge on any atom is 0.330 e. The Morgan fingerprint density at radius 2 is 1.71 bits per heavy atom. The highest BCUT2D eigenvalue weighted by atomic mass is 16.3. The highest BCUT2D eigenvalue weighted by Gasteiger charge is 2.71. The molecule has 0 saturated carbocycles. The normalized spacial score (nSPS) is 34.9. The molecular weight excluding hydrogens is 276 g/mol. The summed E-state index contributed by atoms with van der Waals surface area (Å²) in [6.45, 7) is 6.42. The number of imide groups is 1. The number of aliphatic hydroxyl groups excluding tert-OH is 1. The van der Waals surface area contributed by atoms with Gasteiger partial charge in [0.15, 0.2) is 11.3 Å². The summed E-state index contributed by atoms with van der Waals surface area (Å²) >= 11 is 0. The van der Waals surface area contributed by atoms with Gasteiger partial charge in [-0.25, -0.2) is 14.5 Å². The molecule has 4 atom stereocenters. The third kappa shape index (κ3) is 1.62. The van der Waals surface area contributed by atoms with Crippen LogP contribution in [0.4, 0.5) is 9.59 Å². The summed E-state index contributed by atoms with van der Waals surface area (Å²) < 4.78 is 0. The number of hydrogen-bond acceptors (Lipinski definition) is 4. The van der Waals surface area contributed by atoms with Gasteiger partial charge in [0.05, 0.1) is 12.0 Å². The molecule has 2 aliphatic heterocycles. The Morgan fingerprint density at radius 1 is 1.19 bits per heavy atom. The number of fused-ring (bicyclic) bond motifs is 1. The highest BCUT2D eigenvalue weighted by Crippen LogP contribution is 2.45. The topological polar surface area (TPSA) is 93.2 Å². The van der Waals surface area contributed by atoms with E-state index in [-0.39, 0.29) is 6.03 Å². The molecular formula is C13H22N4O4. The van der Waals surface area contributed by atoms with Crippen LogP contribution in [0.2, 0.25) is 0 Å². The quantitative estimate of drug-likeness (QED) is 0.749. The monoisotopic (exact) mass is 298 g/mol. The van der Waals surface area contributed by atoms with Gasteiger partial charge in [0.2, 0.25) is 5.91 Å². The molecule has 0 radical (unpaired) electrons. The number of nitrogens with one attached hydrogen (secondary N) is 1. The first kappa shape index (κ1) is 15.6. The molecule has 2 aliphatic rings. The van der Waals surface area contributed by atoms with E-state index in [1.54, 1.807) is 34.9 Å². The van der Waals surface area contributed by atoms with Gasteiger partial charge in [-0.3, -0.25) is 4.79 Å². The van der Waals surface area contributed by atoms with Crippen LogP contribution in [0, 0.1) is 5.92 Å². The molecule has 0 bridgehead atoms. The van der Waals surface area contributed by atoms with Crippen LogP contribution in [-0.2, 0) is 4.79 Å². The number of carbonyl (C=O) groups is 3. The molecule has 21 heavy (non-hydrogen) atoms. The first-order valence-electron chi connectivity index (χ1n) is 6.86. The summed E-state index contributed by atoms with van der Waals surface area (Å²) in [5.74, 6) is -1.26. The zero-order chi connectivity index (χ0) is 16.3. The molecule has 8 nitrogen and oxygen atoms in total. The number of rotatable bonds is 2. The van der Waals surface area contributed by atoms with Crippen molar-refractivity contribution in [2.45, 2.75) is 45.1 Å². The summed E-state index contributed by atoms with van der Waals surface area (Å²) in [5, 5.41) is 12.3. The number of likely N-dealkylation sites (N-methyl/N-ethyl adjacent to an activating group) is 2. The lowest BCUT2D eigenvalue weighted by molar-refractivity contribution is -0.140. The Balaban J connectivity index is 2.52. The first-order chi connectivity index (χ1) is 9.50. The molecule has 2 heterocycles. The van der Waals surface area contributed by atoms with E-state index in [1.807, 2.05) is 0 Å². The van der Waals surface area contributed by atoms with Crippen molar-refractivity contribution in [2.24, 2.45) is 5.92 Å². The number of urea groups is 2. The lowest BCUT2D eigenvalue weighted by Crippen LogP contribution is -2.64. The molecule has 5 amide bonds. The summed E-state index contributed by atoms with van der Waals surface area (Å²) in [7, 11) is 3.13. The van der Waals surface area contributed by atoms with Crippen molar-refractivity contribution in [1.82, 2.24) is 20.0 Å². The van der Waals surface area contributed by atoms with Crippen LogP contribution >= 0.6 is 0 Å². The van der Waals surface area contributed by atoms with Gasteiger partial charge in [-0.1, -0.05) is 6.92 Å². The molecule has 2 rings (SSSR count). The third-order valence-corrected chi connectivity index (χ3v) is 5.14. The standard InChI is InChI=1S/C13H22N4O4/c1-7(8(2)18)9(19)17-11(21)16(6)13(4)12(17,3)14-10(20)15(13)5/h7-8,18H,1-6H3,(H,14,20)/t7?,8?,12-,13+/m1/s1. The predicted molar refractivity (Wildman–Crippen MR) is 74.0 cm³/mol. The smallest absolute Gasteiger partial charge is 0.330 e. The van der Waals surface area contributed by atoms with Crippen LogP contribution in [0.5, 0.6) is 0 Å². The van der Waals surface area contributed by atoms with Crippen molar-refractivity contribution in [2.75, 3.05) is 14.1 Å². The van der Waals surface area contributed by atoms with Crippen molar-refractivity contribution >= 4 is 18.0 Å². The average Bonchev–Trinajstić information content (AvgIpc) is 2.67. The van der Waals surface area contributed by atoms with Crippen LogP contribution in [0.15, 0.2) is 0 Å². The lowest BCUT2D eigenvalue weighted by atomic mass is 9.95. The van der Waals surface area contributed by atoms with Gasteiger partial charge in [-0.05, 0) is 20.8 Å². The Kier molecular flexibility index (Phi) is 3.21. The molecule has 2 N–H and O–H groups in total. The van der Waals surface area contributed by atoms with Gasteiger partial charge >= 0.3 is 12.1 Å². The summed E-state index contributed by atoms with van der Waals surface area (Å²) in [5.41, 5.74) is -2.18. The fraction of sp³-hybridized carbons (Fsp3) is 0.769. The minimum atomic E-state index is -1.19. The molecule has 0 aliphatic carbocycles. The maximum atomic E-state index is 12.6.